The molecule has 0 bridgehead atoms. The zero-order chi connectivity index (χ0) is 20.8. The van der Waals surface area contributed by atoms with E-state index in [1.165, 1.54) is 16.7 Å². The van der Waals surface area contributed by atoms with Gasteiger partial charge in [-0.3, -0.25) is 0 Å². The normalized spacial score (nSPS) is 11.4. The van der Waals surface area contributed by atoms with Crippen LogP contribution in [-0.4, -0.2) is 15.1 Å². The second-order valence-electron chi connectivity index (χ2n) is 8.84. The summed E-state index contributed by atoms with van der Waals surface area (Å²) in [6.07, 6.45) is 0. The first-order valence-corrected chi connectivity index (χ1v) is 12.7. The molecule has 148 valence electrons. The molecule has 0 saturated carbocycles. The number of hydrogen-bond donors (Lipinski definition) is 0. The van der Waals surface area contributed by atoms with E-state index in [1.807, 2.05) is 6.79 Å². The zero-order valence-electron chi connectivity index (χ0n) is 18.1. The van der Waals surface area contributed by atoms with Crippen molar-refractivity contribution < 1.29 is 14.0 Å². The minimum atomic E-state index is -1.65. The largest absolute Gasteiger partial charge is 0.544 e. The first-order valence-electron chi connectivity index (χ1n) is 9.27. The summed E-state index contributed by atoms with van der Waals surface area (Å²) in [5.41, 5.74) is 4.86. The van der Waals surface area contributed by atoms with Gasteiger partial charge in [0.2, 0.25) is 8.32 Å². The van der Waals surface area contributed by atoms with Crippen LogP contribution in [0.15, 0.2) is 36.4 Å². The fraction of sp³-hybridized carbons (Fsp3) is 0.435. The van der Waals surface area contributed by atoms with E-state index in [9.17, 15) is 0 Å². The van der Waals surface area contributed by atoms with Crippen LogP contribution < -0.4 is 9.16 Å². The lowest BCUT2D eigenvalue weighted by Crippen LogP contribution is -2.29. The monoisotopic (exact) mass is 386 g/mol. The number of aryl methyl sites for hydroxylation is 2. The Labute approximate surface area is 165 Å². The number of rotatable bonds is 5. The van der Waals surface area contributed by atoms with E-state index in [0.29, 0.717) is 6.61 Å². The number of ether oxygens (including phenoxy) is 1. The Morgan fingerprint density at radius 3 is 2.00 bits per heavy atom. The van der Waals surface area contributed by atoms with Gasteiger partial charge in [0, 0.05) is 0 Å². The molecule has 0 radical (unpaired) electrons. The Morgan fingerprint density at radius 2 is 1.52 bits per heavy atom. The van der Waals surface area contributed by atoms with Crippen molar-refractivity contribution in [3.05, 3.63) is 58.7 Å². The number of hydrogen-bond acceptors (Lipinski definition) is 3. The molecule has 2 aromatic carbocycles. The van der Waals surface area contributed by atoms with Crippen molar-refractivity contribution in [2.75, 3.05) is 0 Å². The van der Waals surface area contributed by atoms with E-state index in [0.717, 1.165) is 17.1 Å². The average molecular weight is 387 g/mol. The highest BCUT2D eigenvalue weighted by molar-refractivity contribution is 6.70. The molecule has 0 unspecified atom stereocenters. The van der Waals surface area contributed by atoms with Crippen molar-refractivity contribution in [1.29, 1.82) is 0 Å². The molecule has 0 heterocycles. The molecule has 0 aromatic heterocycles. The second kappa shape index (κ2) is 9.22. The second-order valence-corrected chi connectivity index (χ2v) is 13.3. The minimum Gasteiger partial charge on any atom is -0.544 e. The fourth-order valence-electron chi connectivity index (χ4n) is 2.77. The van der Waals surface area contributed by atoms with Crippen LogP contribution in [0.3, 0.4) is 0 Å². The first-order chi connectivity index (χ1) is 12.5. The van der Waals surface area contributed by atoms with E-state index < -0.39 is 8.32 Å². The third-order valence-electron chi connectivity index (χ3n) is 4.05. The molecule has 0 fully saturated rings. The summed E-state index contributed by atoms with van der Waals surface area (Å²) >= 11 is 0. The van der Waals surface area contributed by atoms with Crippen LogP contribution in [0.2, 0.25) is 19.6 Å². The summed E-state index contributed by atoms with van der Waals surface area (Å²) in [7, 11) is -1.65. The van der Waals surface area contributed by atoms with E-state index in [4.69, 9.17) is 14.0 Å². The molecule has 0 amide bonds. The van der Waals surface area contributed by atoms with Crippen LogP contribution in [0.4, 0.5) is 0 Å². The van der Waals surface area contributed by atoms with Gasteiger partial charge in [-0.2, -0.15) is 0 Å². The third kappa shape index (κ3) is 7.22. The predicted octanol–water partition coefficient (Wildman–Crippen LogP) is 6.21. The molecular formula is C23H34O3Si. The van der Waals surface area contributed by atoms with E-state index in [1.54, 1.807) is 0 Å². The predicted molar refractivity (Wildman–Crippen MR) is 116 cm³/mol. The van der Waals surface area contributed by atoms with Crippen molar-refractivity contribution in [2.24, 2.45) is 0 Å². The summed E-state index contributed by atoms with van der Waals surface area (Å²) in [6.45, 7) is 20.1. The zero-order valence-corrected chi connectivity index (χ0v) is 19.1. The number of benzene rings is 2. The van der Waals surface area contributed by atoms with Crippen molar-refractivity contribution in [2.45, 2.75) is 66.3 Å². The van der Waals surface area contributed by atoms with E-state index in [2.05, 4.69) is 90.7 Å². The van der Waals surface area contributed by atoms with Gasteiger partial charge >= 0.3 is 0 Å². The Morgan fingerprint density at radius 1 is 0.963 bits per heavy atom. The fourth-order valence-corrected chi connectivity index (χ4v) is 3.60. The van der Waals surface area contributed by atoms with Gasteiger partial charge in [-0.15, -0.1) is 0 Å². The van der Waals surface area contributed by atoms with Crippen molar-refractivity contribution in [3.63, 3.8) is 0 Å². The number of carbonyl (C=O) groups excluding carboxylic acids is 1. The van der Waals surface area contributed by atoms with Crippen LogP contribution in [-0.2, 0) is 16.8 Å². The van der Waals surface area contributed by atoms with Crippen molar-refractivity contribution in [1.82, 2.24) is 0 Å². The summed E-state index contributed by atoms with van der Waals surface area (Å²) < 4.78 is 12.4. The molecular weight excluding hydrogens is 352 g/mol. The van der Waals surface area contributed by atoms with Gasteiger partial charge in [0.25, 0.3) is 0 Å². The molecule has 0 saturated heterocycles. The maximum absolute atomic E-state index is 8.00. The highest BCUT2D eigenvalue weighted by Crippen LogP contribution is 2.30. The maximum atomic E-state index is 8.00. The lowest BCUT2D eigenvalue weighted by atomic mass is 9.86. The van der Waals surface area contributed by atoms with Gasteiger partial charge in [0.15, 0.2) is 0 Å². The Kier molecular flexibility index (Phi) is 7.85. The van der Waals surface area contributed by atoms with Gasteiger partial charge in [-0.05, 0) is 73.3 Å². The molecule has 0 aliphatic rings. The lowest BCUT2D eigenvalue weighted by Gasteiger charge is -2.25. The molecule has 27 heavy (non-hydrogen) atoms. The van der Waals surface area contributed by atoms with Gasteiger partial charge in [-0.25, -0.2) is 0 Å². The SMILES string of the molecule is C=O.Cc1cccc(C)c1OCc1cc(O[Si](C)(C)C)cc(C(C)(C)C)c1. The highest BCUT2D eigenvalue weighted by atomic mass is 28.4. The number of carbonyl (C=O) groups is 1. The van der Waals surface area contributed by atoms with Crippen LogP contribution in [0, 0.1) is 13.8 Å². The summed E-state index contributed by atoms with van der Waals surface area (Å²) in [5, 5.41) is 0. The van der Waals surface area contributed by atoms with Crippen LogP contribution >= 0.6 is 0 Å². The maximum Gasteiger partial charge on any atom is 0.242 e. The van der Waals surface area contributed by atoms with E-state index in [-0.39, 0.29) is 5.41 Å². The highest BCUT2D eigenvalue weighted by Gasteiger charge is 2.20. The molecule has 0 atom stereocenters. The molecule has 0 aliphatic heterocycles. The molecule has 3 nitrogen and oxygen atoms in total. The quantitative estimate of drug-likeness (QED) is 0.573. The van der Waals surface area contributed by atoms with Crippen molar-refractivity contribution >= 4 is 15.1 Å². The Balaban J connectivity index is 0.00000176. The molecule has 2 aromatic rings. The Hall–Kier alpha value is -2.07. The van der Waals surface area contributed by atoms with Crippen LogP contribution in [0.1, 0.15) is 43.0 Å². The summed E-state index contributed by atoms with van der Waals surface area (Å²) in [5.74, 6) is 1.95. The van der Waals surface area contributed by atoms with Gasteiger partial charge in [-0.1, -0.05) is 45.0 Å². The molecule has 2 rings (SSSR count). The molecule has 0 aliphatic carbocycles. The summed E-state index contributed by atoms with van der Waals surface area (Å²) in [6, 6.07) is 12.8. The minimum absolute atomic E-state index is 0.0755. The van der Waals surface area contributed by atoms with Crippen LogP contribution in [0.25, 0.3) is 0 Å². The molecule has 0 N–H and O–H groups in total. The average Bonchev–Trinajstić information content (AvgIpc) is 2.53. The molecule has 0 spiro atoms. The van der Waals surface area contributed by atoms with Gasteiger partial charge < -0.3 is 14.0 Å². The smallest absolute Gasteiger partial charge is 0.242 e. The topological polar surface area (TPSA) is 35.5 Å². The Bertz CT molecular complexity index is 735. The molecule has 4 heteroatoms. The third-order valence-corrected chi connectivity index (χ3v) is 4.90. The summed E-state index contributed by atoms with van der Waals surface area (Å²) in [4.78, 5) is 8.00. The van der Waals surface area contributed by atoms with E-state index >= 15 is 0 Å². The van der Waals surface area contributed by atoms with Crippen LogP contribution in [0.5, 0.6) is 11.5 Å². The standard InChI is InChI=1S/C22H32O2Si.CH2O/c1-16-10-9-11-17(2)21(16)23-15-18-12-19(22(3,4)5)14-20(13-18)24-25(6,7)8;1-2/h9-14H,15H2,1-8H3;1H2. The first kappa shape index (κ1) is 23.0. The van der Waals surface area contributed by atoms with Gasteiger partial charge in [0.1, 0.15) is 24.9 Å². The lowest BCUT2D eigenvalue weighted by molar-refractivity contribution is -0.0979. The van der Waals surface area contributed by atoms with Gasteiger partial charge in [0.05, 0.1) is 0 Å². The number of para-hydroxylation sites is 1. The van der Waals surface area contributed by atoms with Crippen molar-refractivity contribution in [3.8, 4) is 11.5 Å².